The molecular weight excluding hydrogens is 372 g/mol. The molecule has 2 heterocycles. The first-order valence-corrected chi connectivity index (χ1v) is 8.08. The molecule has 1 saturated heterocycles. The Balaban J connectivity index is 1.93. The largest absolute Gasteiger partial charge is 0.548 e. The van der Waals surface area contributed by atoms with Crippen molar-refractivity contribution in [2.45, 2.75) is 24.9 Å². The summed E-state index contributed by atoms with van der Waals surface area (Å²) in [4.78, 5) is 61.6. The fourth-order valence-corrected chi connectivity index (χ4v) is 3.10. The van der Waals surface area contributed by atoms with E-state index in [9.17, 15) is 34.2 Å². The Morgan fingerprint density at radius 1 is 1.07 bits per heavy atom. The summed E-state index contributed by atoms with van der Waals surface area (Å²) in [5.41, 5.74) is 0.364. The Morgan fingerprint density at radius 2 is 1.75 bits per heavy atom. The van der Waals surface area contributed by atoms with Crippen LogP contribution in [0.2, 0.25) is 0 Å². The van der Waals surface area contributed by atoms with Gasteiger partial charge in [0.2, 0.25) is 11.6 Å². The number of dihydropyridines is 1. The first-order valence-electron chi connectivity index (χ1n) is 8.08. The maximum absolute atomic E-state index is 11.7. The molecule has 3 aliphatic rings. The van der Waals surface area contributed by atoms with Gasteiger partial charge >= 0.3 is 5.97 Å². The van der Waals surface area contributed by atoms with Gasteiger partial charge in [-0.2, -0.15) is 0 Å². The molecule has 0 saturated carbocycles. The summed E-state index contributed by atoms with van der Waals surface area (Å²) >= 11 is 0. The van der Waals surface area contributed by atoms with Crippen molar-refractivity contribution in [2.75, 3.05) is 0 Å². The lowest BCUT2D eigenvalue weighted by Crippen LogP contribution is -2.41. The van der Waals surface area contributed by atoms with Crippen LogP contribution in [0.25, 0.3) is 0 Å². The summed E-state index contributed by atoms with van der Waals surface area (Å²) in [6, 6.07) is -2.57. The normalized spacial score (nSPS) is 24.4. The highest BCUT2D eigenvalue weighted by Gasteiger charge is 2.35. The van der Waals surface area contributed by atoms with Crippen LogP contribution in [0.4, 0.5) is 0 Å². The number of allylic oxidation sites excluding steroid dienone is 4. The molecule has 10 nitrogen and oxygen atoms in total. The number of hydrogen-bond acceptors (Lipinski definition) is 9. The van der Waals surface area contributed by atoms with Crippen molar-refractivity contribution in [3.05, 3.63) is 47.3 Å². The maximum Gasteiger partial charge on any atom is 0.354 e. The molecule has 144 valence electrons. The number of carboxylic acid groups (broad SMARTS) is 3. The Kier molecular flexibility index (Phi) is 4.78. The van der Waals surface area contributed by atoms with Crippen LogP contribution >= 0.6 is 0 Å². The average Bonchev–Trinajstić information content (AvgIpc) is 2.97. The van der Waals surface area contributed by atoms with Crippen LogP contribution in [0.5, 0.6) is 0 Å². The smallest absolute Gasteiger partial charge is 0.354 e. The van der Waals surface area contributed by atoms with Crippen LogP contribution in [0, 0.1) is 0 Å². The van der Waals surface area contributed by atoms with E-state index in [1.807, 2.05) is 0 Å². The van der Waals surface area contributed by atoms with Crippen molar-refractivity contribution in [3.63, 3.8) is 0 Å². The molecule has 1 N–H and O–H groups in total. The van der Waals surface area contributed by atoms with E-state index in [4.69, 9.17) is 5.11 Å². The number of likely N-dealkylation sites (tertiary alicyclic amines) is 1. The third kappa shape index (κ3) is 3.52. The van der Waals surface area contributed by atoms with Gasteiger partial charge in [-0.1, -0.05) is 0 Å². The summed E-state index contributed by atoms with van der Waals surface area (Å²) in [6.07, 6.45) is 5.64. The molecule has 2 atom stereocenters. The topological polar surface area (TPSA) is 167 Å². The summed E-state index contributed by atoms with van der Waals surface area (Å²) < 4.78 is 0. The van der Waals surface area contributed by atoms with Crippen molar-refractivity contribution >= 4 is 35.2 Å². The van der Waals surface area contributed by atoms with Gasteiger partial charge in [-0.05, 0) is 29.4 Å². The van der Waals surface area contributed by atoms with Crippen LogP contribution in [0.1, 0.15) is 12.8 Å². The lowest BCUT2D eigenvalue weighted by Gasteiger charge is -2.25. The van der Waals surface area contributed by atoms with Gasteiger partial charge in [0.05, 0.1) is 24.0 Å². The van der Waals surface area contributed by atoms with Crippen molar-refractivity contribution in [1.82, 2.24) is 4.90 Å². The van der Waals surface area contributed by atoms with Crippen LogP contribution in [-0.4, -0.2) is 57.3 Å². The summed E-state index contributed by atoms with van der Waals surface area (Å²) in [6.45, 7) is 0. The molecule has 0 unspecified atom stereocenters. The number of aliphatic imine (C=N–C) groups is 1. The molecule has 0 aromatic carbocycles. The Hall–Kier alpha value is -3.82. The van der Waals surface area contributed by atoms with E-state index in [0.717, 1.165) is 18.2 Å². The van der Waals surface area contributed by atoms with Gasteiger partial charge in [0.25, 0.3) is 0 Å². The van der Waals surface area contributed by atoms with Gasteiger partial charge in [-0.15, -0.1) is 0 Å². The minimum absolute atomic E-state index is 0.0555. The zero-order chi connectivity index (χ0) is 20.6. The molecule has 0 aromatic heterocycles. The minimum atomic E-state index is -1.55. The minimum Gasteiger partial charge on any atom is -0.548 e. The van der Waals surface area contributed by atoms with Gasteiger partial charge in [0.15, 0.2) is 0 Å². The lowest BCUT2D eigenvalue weighted by molar-refractivity contribution is -0.310. The van der Waals surface area contributed by atoms with Crippen molar-refractivity contribution in [1.29, 1.82) is 0 Å². The van der Waals surface area contributed by atoms with E-state index in [1.54, 1.807) is 0 Å². The number of carboxylic acids is 3. The van der Waals surface area contributed by atoms with Gasteiger partial charge in [0.1, 0.15) is 5.71 Å². The lowest BCUT2D eigenvalue weighted by atomic mass is 10.0. The molecule has 0 radical (unpaired) electrons. The van der Waals surface area contributed by atoms with Gasteiger partial charge in [-0.3, -0.25) is 14.6 Å². The molecule has 0 amide bonds. The van der Waals surface area contributed by atoms with E-state index in [-0.39, 0.29) is 24.1 Å². The number of nitrogens with zero attached hydrogens (tertiary/aromatic N) is 2. The second kappa shape index (κ2) is 7.06. The zero-order valence-electron chi connectivity index (χ0n) is 14.2. The van der Waals surface area contributed by atoms with E-state index < -0.39 is 47.3 Å². The first-order chi connectivity index (χ1) is 13.2. The standard InChI is InChI=1S/C18H14N2O8/c21-14-6-9-5-13(18(27)28)20(12(9)7-15(14)22)2-1-8-3-10(16(23)24)19-11(4-8)17(25)26/h1-3,6-7,11,13H,4-5H2,(H,23,24)(H,25,26)(H,27,28)/p-2/b2-1+/t11-,13-/m0/s1. The number of aliphatic carboxylic acids is 3. The fraction of sp³-hybridized carbons (Fsp3) is 0.222. The SMILES string of the molecule is O=C(O)C1=N[C@H](C(=O)[O-])CC(/C=C/N2C3=CC(=O)C(=O)C=C3C[C@H]2C(=O)[O-])=C1. The van der Waals surface area contributed by atoms with Crippen molar-refractivity contribution in [2.24, 2.45) is 4.99 Å². The molecular formula is C18H12N2O8-2. The molecule has 1 aliphatic carbocycles. The number of ketones is 2. The summed E-state index contributed by atoms with van der Waals surface area (Å²) in [5, 5.41) is 31.6. The molecule has 28 heavy (non-hydrogen) atoms. The predicted octanol–water partition coefficient (Wildman–Crippen LogP) is -2.74. The quantitative estimate of drug-likeness (QED) is 0.390. The highest BCUT2D eigenvalue weighted by atomic mass is 16.4. The summed E-state index contributed by atoms with van der Waals surface area (Å²) in [7, 11) is 0. The van der Waals surface area contributed by atoms with Crippen molar-refractivity contribution < 1.29 is 39.3 Å². The monoisotopic (exact) mass is 384 g/mol. The van der Waals surface area contributed by atoms with Crippen molar-refractivity contribution in [3.8, 4) is 0 Å². The third-order valence-electron chi connectivity index (χ3n) is 4.43. The molecule has 0 bridgehead atoms. The Morgan fingerprint density at radius 3 is 2.36 bits per heavy atom. The van der Waals surface area contributed by atoms with E-state index >= 15 is 0 Å². The summed E-state index contributed by atoms with van der Waals surface area (Å²) in [5.74, 6) is -5.95. The molecule has 1 fully saturated rings. The maximum atomic E-state index is 11.7. The van der Waals surface area contributed by atoms with Gasteiger partial charge in [0, 0.05) is 30.8 Å². The van der Waals surface area contributed by atoms with E-state index in [1.165, 1.54) is 17.2 Å². The Bertz CT molecular complexity index is 966. The molecule has 10 heteroatoms. The predicted molar refractivity (Wildman–Crippen MR) is 87.1 cm³/mol. The number of carbonyl (C=O) groups is 5. The third-order valence-corrected chi connectivity index (χ3v) is 4.43. The zero-order valence-corrected chi connectivity index (χ0v) is 14.2. The molecule has 0 aromatic rings. The van der Waals surface area contributed by atoms with Crippen LogP contribution < -0.4 is 10.2 Å². The van der Waals surface area contributed by atoms with E-state index in [2.05, 4.69) is 4.99 Å². The fourth-order valence-electron chi connectivity index (χ4n) is 3.10. The second-order valence-corrected chi connectivity index (χ2v) is 6.27. The Labute approximate surface area is 157 Å². The number of fused-ring (bicyclic) bond motifs is 1. The van der Waals surface area contributed by atoms with E-state index in [0.29, 0.717) is 5.57 Å². The van der Waals surface area contributed by atoms with Crippen LogP contribution in [0.15, 0.2) is 52.3 Å². The average molecular weight is 384 g/mol. The number of rotatable bonds is 5. The van der Waals surface area contributed by atoms with Crippen LogP contribution in [-0.2, 0) is 24.0 Å². The molecule has 0 spiro atoms. The molecule has 2 aliphatic heterocycles. The second-order valence-electron chi connectivity index (χ2n) is 6.27. The van der Waals surface area contributed by atoms with Crippen LogP contribution in [0.3, 0.4) is 0 Å². The number of carbonyl (C=O) groups excluding carboxylic acids is 4. The highest BCUT2D eigenvalue weighted by Crippen LogP contribution is 2.35. The first kappa shape index (κ1) is 19.0. The number of hydrogen-bond donors (Lipinski definition) is 1. The van der Waals surface area contributed by atoms with Gasteiger partial charge in [-0.25, -0.2) is 4.79 Å². The van der Waals surface area contributed by atoms with Gasteiger partial charge < -0.3 is 29.8 Å². The highest BCUT2D eigenvalue weighted by molar-refractivity contribution is 6.46. The molecule has 3 rings (SSSR count).